The highest BCUT2D eigenvalue weighted by Crippen LogP contribution is 2.26. The van der Waals surface area contributed by atoms with Crippen LogP contribution >= 0.6 is 15.9 Å². The second kappa shape index (κ2) is 11.3. The first-order valence-corrected chi connectivity index (χ1v) is 11.0. The zero-order valence-corrected chi connectivity index (χ0v) is 20.1. The van der Waals surface area contributed by atoms with Crippen LogP contribution < -0.4 is 15.4 Å². The van der Waals surface area contributed by atoms with Gasteiger partial charge < -0.3 is 15.4 Å². The fourth-order valence-electron chi connectivity index (χ4n) is 3.04. The van der Waals surface area contributed by atoms with E-state index >= 15 is 0 Å². The van der Waals surface area contributed by atoms with E-state index in [4.69, 9.17) is 4.74 Å². The van der Waals surface area contributed by atoms with E-state index in [-0.39, 0.29) is 17.0 Å². The number of amides is 2. The molecule has 6 nitrogen and oxygen atoms in total. The van der Waals surface area contributed by atoms with Crippen LogP contribution in [-0.4, -0.2) is 18.4 Å². The van der Waals surface area contributed by atoms with Crippen molar-refractivity contribution in [2.75, 3.05) is 17.2 Å². The first kappa shape index (κ1) is 24.7. The van der Waals surface area contributed by atoms with Gasteiger partial charge in [0.25, 0.3) is 11.8 Å². The molecule has 2 amide bonds. The Kier molecular flexibility index (Phi) is 8.17. The third kappa shape index (κ3) is 6.30. The minimum absolute atomic E-state index is 0.0434. The van der Waals surface area contributed by atoms with E-state index in [9.17, 15) is 19.2 Å². The fraction of sp³-hybridized carbons (Fsp3) is 0.115. The standard InChI is InChI=1S/C26H21BrFN3O3/c1-16-6-5-9-22(17(16)2)31-26(33)19(14-29)12-18-13-20(27)10-11-24(18)34-15-25(32)30-23-8-4-3-7-21(23)28/h3-13H,15H2,1-2H3,(H,30,32)(H,31,33)/b19-12-. The molecular formula is C26H21BrFN3O3. The van der Waals surface area contributed by atoms with Crippen LogP contribution in [0.2, 0.25) is 0 Å². The molecule has 0 unspecified atom stereocenters. The molecule has 0 atom stereocenters. The van der Waals surface area contributed by atoms with Crippen molar-refractivity contribution in [3.8, 4) is 11.8 Å². The van der Waals surface area contributed by atoms with Crippen molar-refractivity contribution in [1.82, 2.24) is 0 Å². The number of nitriles is 1. The molecule has 0 saturated carbocycles. The van der Waals surface area contributed by atoms with Gasteiger partial charge >= 0.3 is 0 Å². The zero-order valence-electron chi connectivity index (χ0n) is 18.5. The summed E-state index contributed by atoms with van der Waals surface area (Å²) < 4.78 is 20.0. The maximum atomic E-state index is 13.7. The van der Waals surface area contributed by atoms with E-state index in [0.29, 0.717) is 15.7 Å². The van der Waals surface area contributed by atoms with Crippen molar-refractivity contribution in [1.29, 1.82) is 5.26 Å². The summed E-state index contributed by atoms with van der Waals surface area (Å²) >= 11 is 3.36. The molecule has 34 heavy (non-hydrogen) atoms. The van der Waals surface area contributed by atoms with E-state index in [2.05, 4.69) is 26.6 Å². The second-order valence-electron chi connectivity index (χ2n) is 7.37. The third-order valence-electron chi connectivity index (χ3n) is 5.00. The lowest BCUT2D eigenvalue weighted by atomic mass is 10.1. The number of benzene rings is 3. The first-order valence-electron chi connectivity index (χ1n) is 10.2. The van der Waals surface area contributed by atoms with Gasteiger partial charge in [-0.1, -0.05) is 40.2 Å². The summed E-state index contributed by atoms with van der Waals surface area (Å²) in [5.41, 5.74) is 2.85. The summed E-state index contributed by atoms with van der Waals surface area (Å²) in [5, 5.41) is 14.8. The summed E-state index contributed by atoms with van der Waals surface area (Å²) in [5.74, 6) is -1.41. The maximum absolute atomic E-state index is 13.7. The second-order valence-corrected chi connectivity index (χ2v) is 8.29. The Morgan fingerprint density at radius 2 is 1.79 bits per heavy atom. The number of rotatable bonds is 7. The van der Waals surface area contributed by atoms with Crippen molar-refractivity contribution in [3.63, 3.8) is 0 Å². The summed E-state index contributed by atoms with van der Waals surface area (Å²) in [6.07, 6.45) is 1.38. The fourth-order valence-corrected chi connectivity index (χ4v) is 3.41. The number of carbonyl (C=O) groups is 2. The number of ether oxygens (including phenoxy) is 1. The number of nitrogens with zero attached hydrogens (tertiary/aromatic N) is 1. The van der Waals surface area contributed by atoms with E-state index in [1.165, 1.54) is 24.3 Å². The van der Waals surface area contributed by atoms with Crippen LogP contribution in [0.4, 0.5) is 15.8 Å². The van der Waals surface area contributed by atoms with Gasteiger partial charge in [0.05, 0.1) is 5.69 Å². The lowest BCUT2D eigenvalue weighted by Crippen LogP contribution is -2.21. The highest BCUT2D eigenvalue weighted by atomic mass is 79.9. The van der Waals surface area contributed by atoms with Crippen molar-refractivity contribution >= 4 is 45.2 Å². The predicted octanol–water partition coefficient (Wildman–Crippen LogP) is 5.77. The molecule has 0 aliphatic rings. The summed E-state index contributed by atoms with van der Waals surface area (Å²) in [6.45, 7) is 3.42. The van der Waals surface area contributed by atoms with E-state index in [0.717, 1.165) is 11.1 Å². The molecule has 2 N–H and O–H groups in total. The van der Waals surface area contributed by atoms with Crippen LogP contribution in [-0.2, 0) is 9.59 Å². The number of aryl methyl sites for hydroxylation is 1. The molecule has 3 aromatic rings. The SMILES string of the molecule is Cc1cccc(NC(=O)/C(C#N)=C\c2cc(Br)ccc2OCC(=O)Nc2ccccc2F)c1C. The molecule has 172 valence electrons. The lowest BCUT2D eigenvalue weighted by Gasteiger charge is -2.12. The van der Waals surface area contributed by atoms with Gasteiger partial charge in [-0.15, -0.1) is 0 Å². The third-order valence-corrected chi connectivity index (χ3v) is 5.49. The van der Waals surface area contributed by atoms with E-state index < -0.39 is 24.2 Å². The molecule has 0 spiro atoms. The van der Waals surface area contributed by atoms with Crippen molar-refractivity contribution in [2.45, 2.75) is 13.8 Å². The Balaban J connectivity index is 1.78. The molecule has 0 aliphatic carbocycles. The minimum Gasteiger partial charge on any atom is -0.483 e. The number of halogens is 2. The summed E-state index contributed by atoms with van der Waals surface area (Å²) in [4.78, 5) is 25.0. The predicted molar refractivity (Wildman–Crippen MR) is 133 cm³/mol. The number of nitrogens with one attached hydrogen (secondary N) is 2. The molecule has 3 aromatic carbocycles. The van der Waals surface area contributed by atoms with Gasteiger partial charge in [0, 0.05) is 15.7 Å². The Hall–Kier alpha value is -3.96. The molecule has 0 saturated heterocycles. The minimum atomic E-state index is -0.570. The molecule has 8 heteroatoms. The monoisotopic (exact) mass is 521 g/mol. The van der Waals surface area contributed by atoms with Crippen LogP contribution in [0, 0.1) is 31.0 Å². The lowest BCUT2D eigenvalue weighted by molar-refractivity contribution is -0.118. The first-order chi connectivity index (χ1) is 16.3. The molecule has 0 heterocycles. The van der Waals surface area contributed by atoms with Crippen LogP contribution in [0.5, 0.6) is 5.75 Å². The number of carbonyl (C=O) groups excluding carboxylic acids is 2. The van der Waals surface area contributed by atoms with Gasteiger partial charge in [-0.05, 0) is 67.4 Å². The molecular weight excluding hydrogens is 501 g/mol. The smallest absolute Gasteiger partial charge is 0.266 e. The molecule has 0 aliphatic heterocycles. The van der Waals surface area contributed by atoms with Gasteiger partial charge in [-0.25, -0.2) is 4.39 Å². The van der Waals surface area contributed by atoms with E-state index in [1.54, 1.807) is 30.3 Å². The van der Waals surface area contributed by atoms with Crippen molar-refractivity contribution in [3.05, 3.63) is 93.2 Å². The van der Waals surface area contributed by atoms with Crippen LogP contribution in [0.25, 0.3) is 6.08 Å². The molecule has 3 rings (SSSR count). The summed E-state index contributed by atoms with van der Waals surface area (Å²) in [6, 6.07) is 18.2. The number of hydrogen-bond acceptors (Lipinski definition) is 4. The highest BCUT2D eigenvalue weighted by molar-refractivity contribution is 9.10. The number of hydrogen-bond donors (Lipinski definition) is 2. The molecule has 0 aromatic heterocycles. The maximum Gasteiger partial charge on any atom is 0.266 e. The van der Waals surface area contributed by atoms with Crippen LogP contribution in [0.1, 0.15) is 16.7 Å². The largest absolute Gasteiger partial charge is 0.483 e. The highest BCUT2D eigenvalue weighted by Gasteiger charge is 2.14. The van der Waals surface area contributed by atoms with Crippen LogP contribution in [0.3, 0.4) is 0 Å². The Labute approximate surface area is 205 Å². The molecule has 0 bridgehead atoms. The average molecular weight is 522 g/mol. The van der Waals surface area contributed by atoms with Crippen molar-refractivity contribution < 1.29 is 18.7 Å². The normalized spacial score (nSPS) is 10.9. The van der Waals surface area contributed by atoms with Gasteiger partial charge in [0.2, 0.25) is 0 Å². The van der Waals surface area contributed by atoms with Gasteiger partial charge in [-0.3, -0.25) is 9.59 Å². The number of para-hydroxylation sites is 1. The van der Waals surface area contributed by atoms with Crippen LogP contribution in [0.15, 0.2) is 70.7 Å². The summed E-state index contributed by atoms with van der Waals surface area (Å²) in [7, 11) is 0. The Bertz CT molecular complexity index is 1310. The Morgan fingerprint density at radius 1 is 1.06 bits per heavy atom. The topological polar surface area (TPSA) is 91.2 Å². The molecule has 0 fully saturated rings. The zero-order chi connectivity index (χ0) is 24.7. The van der Waals surface area contributed by atoms with E-state index in [1.807, 2.05) is 32.0 Å². The number of anilines is 2. The average Bonchev–Trinajstić information content (AvgIpc) is 2.81. The van der Waals surface area contributed by atoms with Gasteiger partial charge in [0.1, 0.15) is 23.2 Å². The Morgan fingerprint density at radius 3 is 2.53 bits per heavy atom. The van der Waals surface area contributed by atoms with Gasteiger partial charge in [-0.2, -0.15) is 5.26 Å². The quantitative estimate of drug-likeness (QED) is 0.305. The molecule has 0 radical (unpaired) electrons. The van der Waals surface area contributed by atoms with Crippen molar-refractivity contribution in [2.24, 2.45) is 0 Å². The van der Waals surface area contributed by atoms with Gasteiger partial charge in [0.15, 0.2) is 6.61 Å².